The molecule has 0 amide bonds. The van der Waals surface area contributed by atoms with E-state index in [4.69, 9.17) is 28.1 Å². The van der Waals surface area contributed by atoms with E-state index < -0.39 is 41.3 Å². The van der Waals surface area contributed by atoms with Gasteiger partial charge in [-0.25, -0.2) is 4.79 Å². The Balaban J connectivity index is 1.53. The van der Waals surface area contributed by atoms with Crippen LogP contribution in [-0.4, -0.2) is 44.4 Å². The maximum atomic E-state index is 14.5. The van der Waals surface area contributed by atoms with E-state index in [-0.39, 0.29) is 40.9 Å². The molecule has 5 atom stereocenters. The maximum Gasteiger partial charge on any atom is 0.432 e. The molecule has 3 aromatic rings. The van der Waals surface area contributed by atoms with Crippen LogP contribution in [0, 0.1) is 12.8 Å². The number of benzene rings is 2. The van der Waals surface area contributed by atoms with Crippen molar-refractivity contribution in [3.8, 4) is 11.5 Å². The van der Waals surface area contributed by atoms with Crippen molar-refractivity contribution in [3.63, 3.8) is 0 Å². The van der Waals surface area contributed by atoms with Crippen molar-refractivity contribution < 1.29 is 46.1 Å². The van der Waals surface area contributed by atoms with Crippen molar-refractivity contribution in [1.29, 1.82) is 0 Å². The molecule has 2 aliphatic rings. The summed E-state index contributed by atoms with van der Waals surface area (Å²) in [6.45, 7) is 5.23. The van der Waals surface area contributed by atoms with Crippen molar-refractivity contribution in [2.75, 3.05) is 14.2 Å². The van der Waals surface area contributed by atoms with Gasteiger partial charge in [-0.3, -0.25) is 4.79 Å². The van der Waals surface area contributed by atoms with Crippen molar-refractivity contribution in [1.82, 2.24) is 0 Å². The molecule has 0 unspecified atom stereocenters. The number of rotatable bonds is 5. The second kappa shape index (κ2) is 10.4. The Labute approximate surface area is 234 Å². The van der Waals surface area contributed by atoms with Crippen molar-refractivity contribution in [3.05, 3.63) is 69.6 Å². The second-order valence-electron chi connectivity index (χ2n) is 10.6. The fraction of sp³-hybridized carbons (Fsp3) is 0.467. The van der Waals surface area contributed by atoms with E-state index in [0.29, 0.717) is 23.5 Å². The summed E-state index contributed by atoms with van der Waals surface area (Å²) in [6.07, 6.45) is -6.25. The van der Waals surface area contributed by atoms with Crippen LogP contribution in [0.2, 0.25) is 0 Å². The number of fused-ring (bicyclic) bond motifs is 3. The molecule has 0 N–H and O–H groups in total. The summed E-state index contributed by atoms with van der Waals surface area (Å²) in [7, 11) is 2.32. The van der Waals surface area contributed by atoms with Crippen LogP contribution >= 0.6 is 0 Å². The standard InChI is InChI=1S/C30H31F3O8/c1-16-11-21-23(36-4)14-24-25(22(34)13-17(2)38-24)26(21)41-28(16)15-20(12-18(3)40-28)39-27(35)29(37-5,30(31,32)33)19-9-7-6-8-10-19/h6-10,13-14,16,18,20H,11-12,15H2,1-5H3/t16-,18+,20-,28-,29+/m1/s1. The number of carbonyl (C=O) groups excluding carboxylic acids is 1. The monoisotopic (exact) mass is 576 g/mol. The van der Waals surface area contributed by atoms with Gasteiger partial charge in [0.25, 0.3) is 5.60 Å². The van der Waals surface area contributed by atoms with E-state index in [0.717, 1.165) is 7.11 Å². The predicted molar refractivity (Wildman–Crippen MR) is 141 cm³/mol. The van der Waals surface area contributed by atoms with Gasteiger partial charge < -0.3 is 28.1 Å². The van der Waals surface area contributed by atoms with E-state index in [9.17, 15) is 22.8 Å². The van der Waals surface area contributed by atoms with E-state index >= 15 is 0 Å². The van der Waals surface area contributed by atoms with Crippen LogP contribution in [0.4, 0.5) is 13.2 Å². The minimum atomic E-state index is -5.11. The first-order valence-corrected chi connectivity index (χ1v) is 13.2. The molecule has 2 aromatic carbocycles. The first kappa shape index (κ1) is 28.9. The summed E-state index contributed by atoms with van der Waals surface area (Å²) < 4.78 is 78.1. The molecule has 0 saturated carbocycles. The molecular formula is C30H31F3O8. The average Bonchev–Trinajstić information content (AvgIpc) is 2.89. The van der Waals surface area contributed by atoms with Crippen LogP contribution in [0.1, 0.15) is 43.6 Å². The summed E-state index contributed by atoms with van der Waals surface area (Å²) in [5, 5.41) is 0.201. The molecule has 1 fully saturated rings. The van der Waals surface area contributed by atoms with Crippen molar-refractivity contribution >= 4 is 16.9 Å². The third-order valence-electron chi connectivity index (χ3n) is 7.87. The zero-order valence-electron chi connectivity index (χ0n) is 23.3. The molecule has 1 aromatic heterocycles. The topological polar surface area (TPSA) is 93.4 Å². The van der Waals surface area contributed by atoms with Crippen molar-refractivity contribution in [2.45, 2.75) is 69.8 Å². The number of esters is 1. The molecule has 41 heavy (non-hydrogen) atoms. The molecule has 11 heteroatoms. The zero-order chi connectivity index (χ0) is 29.7. The molecule has 5 rings (SSSR count). The van der Waals surface area contributed by atoms with Crippen LogP contribution in [0.25, 0.3) is 11.0 Å². The Kier molecular flexibility index (Phi) is 7.31. The van der Waals surface area contributed by atoms with Gasteiger partial charge in [0.05, 0.1) is 19.6 Å². The van der Waals surface area contributed by atoms with Gasteiger partial charge in [0, 0.05) is 42.7 Å². The molecule has 1 spiro atoms. The lowest BCUT2D eigenvalue weighted by Crippen LogP contribution is -2.58. The van der Waals surface area contributed by atoms with Gasteiger partial charge >= 0.3 is 12.1 Å². The van der Waals surface area contributed by atoms with Gasteiger partial charge in [-0.2, -0.15) is 13.2 Å². The lowest BCUT2D eigenvalue weighted by atomic mass is 9.82. The molecule has 0 radical (unpaired) electrons. The number of hydrogen-bond acceptors (Lipinski definition) is 8. The Morgan fingerprint density at radius 3 is 2.44 bits per heavy atom. The second-order valence-corrected chi connectivity index (χ2v) is 10.6. The first-order chi connectivity index (χ1) is 19.3. The Morgan fingerprint density at radius 2 is 1.80 bits per heavy atom. The fourth-order valence-electron chi connectivity index (χ4n) is 5.95. The molecule has 3 heterocycles. The first-order valence-electron chi connectivity index (χ1n) is 13.2. The van der Waals surface area contributed by atoms with Gasteiger partial charge in [-0.05, 0) is 20.3 Å². The van der Waals surface area contributed by atoms with Crippen LogP contribution < -0.4 is 14.9 Å². The van der Waals surface area contributed by atoms with Gasteiger partial charge in [0.15, 0.2) is 5.43 Å². The van der Waals surface area contributed by atoms with Crippen LogP contribution in [-0.2, 0) is 31.0 Å². The average molecular weight is 577 g/mol. The number of hydrogen-bond donors (Lipinski definition) is 0. The summed E-state index contributed by atoms with van der Waals surface area (Å²) in [6, 6.07) is 9.64. The largest absolute Gasteiger partial charge is 0.496 e. The molecule has 220 valence electrons. The highest BCUT2D eigenvalue weighted by Crippen LogP contribution is 2.50. The van der Waals surface area contributed by atoms with Crippen molar-refractivity contribution in [2.24, 2.45) is 5.92 Å². The highest BCUT2D eigenvalue weighted by molar-refractivity contribution is 5.87. The highest BCUT2D eigenvalue weighted by atomic mass is 19.4. The third-order valence-corrected chi connectivity index (χ3v) is 7.87. The number of ether oxygens (including phenoxy) is 5. The number of methoxy groups -OCH3 is 2. The summed E-state index contributed by atoms with van der Waals surface area (Å²) in [5.74, 6) is -2.26. The Hall–Kier alpha value is -3.57. The molecule has 8 nitrogen and oxygen atoms in total. The predicted octanol–water partition coefficient (Wildman–Crippen LogP) is 5.59. The molecule has 1 saturated heterocycles. The molecular weight excluding hydrogens is 545 g/mol. The normalized spacial score (nSPS) is 25.7. The number of alkyl halides is 3. The smallest absolute Gasteiger partial charge is 0.432 e. The summed E-state index contributed by atoms with van der Waals surface area (Å²) >= 11 is 0. The van der Waals surface area contributed by atoms with E-state index in [1.165, 1.54) is 43.5 Å². The molecule has 2 aliphatic heterocycles. The van der Waals surface area contributed by atoms with E-state index in [1.807, 2.05) is 6.92 Å². The molecule has 0 aliphatic carbocycles. The van der Waals surface area contributed by atoms with Gasteiger partial charge in [0.1, 0.15) is 34.3 Å². The number of carbonyl (C=O) groups is 1. The summed E-state index contributed by atoms with van der Waals surface area (Å²) in [4.78, 5) is 26.4. The zero-order valence-corrected chi connectivity index (χ0v) is 23.3. The number of halogens is 3. The van der Waals surface area contributed by atoms with Gasteiger partial charge in [-0.15, -0.1) is 0 Å². The SMILES string of the molecule is COc1cc2oc(C)cc(=O)c2c2c1C[C@@H](C)[C@@]1(C[C@H](OC(=O)[C@@](OC)(c3ccccc3)C(F)(F)F)C[C@H](C)O1)O2. The number of aryl methyl sites for hydroxylation is 1. The minimum absolute atomic E-state index is 0.0774. The van der Waals surface area contributed by atoms with E-state index in [2.05, 4.69) is 0 Å². The van der Waals surface area contributed by atoms with Gasteiger partial charge in [0.2, 0.25) is 5.79 Å². The van der Waals surface area contributed by atoms with E-state index in [1.54, 1.807) is 19.9 Å². The van der Waals surface area contributed by atoms with Crippen LogP contribution in [0.3, 0.4) is 0 Å². The lowest BCUT2D eigenvalue weighted by molar-refractivity contribution is -0.296. The Bertz CT molecular complexity index is 1520. The molecule has 0 bridgehead atoms. The quantitative estimate of drug-likeness (QED) is 0.363. The van der Waals surface area contributed by atoms with Crippen LogP contribution in [0.5, 0.6) is 11.5 Å². The Morgan fingerprint density at radius 1 is 1.10 bits per heavy atom. The van der Waals surface area contributed by atoms with Crippen LogP contribution in [0.15, 0.2) is 51.7 Å². The lowest BCUT2D eigenvalue weighted by Gasteiger charge is -2.49. The fourth-order valence-corrected chi connectivity index (χ4v) is 5.95. The maximum absolute atomic E-state index is 14.5. The summed E-state index contributed by atoms with van der Waals surface area (Å²) in [5.41, 5.74) is -3.14. The minimum Gasteiger partial charge on any atom is -0.496 e. The third kappa shape index (κ3) is 4.74. The van der Waals surface area contributed by atoms with Gasteiger partial charge in [-0.1, -0.05) is 37.3 Å². The highest BCUT2D eigenvalue weighted by Gasteiger charge is 2.65.